The number of thiocarbonyl (C=S) groups is 1. The Bertz CT molecular complexity index is 490. The second kappa shape index (κ2) is 5.16. The third-order valence-electron chi connectivity index (χ3n) is 2.34. The van der Waals surface area contributed by atoms with Gasteiger partial charge in [-0.3, -0.25) is 0 Å². The van der Waals surface area contributed by atoms with Gasteiger partial charge in [0.05, 0.1) is 7.11 Å². The molecule has 0 bridgehead atoms. The van der Waals surface area contributed by atoms with Gasteiger partial charge in [0.25, 0.3) is 0 Å². The number of alkyl halides is 3. The average Bonchev–Trinajstić information content (AvgIpc) is 3.11. The third-order valence-corrected chi connectivity index (χ3v) is 2.56. The van der Waals surface area contributed by atoms with Gasteiger partial charge in [-0.2, -0.15) is 18.2 Å². The van der Waals surface area contributed by atoms with E-state index < -0.39 is 11.9 Å². The molecule has 0 aliphatic heterocycles. The lowest BCUT2D eigenvalue weighted by atomic mass is 10.4. The molecule has 1 saturated carbocycles. The molecule has 1 fully saturated rings. The van der Waals surface area contributed by atoms with E-state index >= 15 is 0 Å². The van der Waals surface area contributed by atoms with Crippen molar-refractivity contribution in [3.8, 4) is 5.88 Å². The Balaban J connectivity index is 2.16. The fourth-order valence-electron chi connectivity index (χ4n) is 1.28. The first-order valence-corrected chi connectivity index (χ1v) is 5.87. The second-order valence-corrected chi connectivity index (χ2v) is 4.40. The Labute approximate surface area is 112 Å². The predicted octanol–water partition coefficient (Wildman–Crippen LogP) is 1.95. The molecule has 0 saturated heterocycles. The molecule has 104 valence electrons. The van der Waals surface area contributed by atoms with Crippen LogP contribution in [0.5, 0.6) is 5.88 Å². The van der Waals surface area contributed by atoms with Gasteiger partial charge in [0, 0.05) is 12.1 Å². The maximum Gasteiger partial charge on any atom is 0.433 e. The van der Waals surface area contributed by atoms with E-state index in [1.165, 1.54) is 7.11 Å². The third kappa shape index (κ3) is 3.91. The van der Waals surface area contributed by atoms with E-state index in [0.29, 0.717) is 0 Å². The molecule has 0 radical (unpaired) electrons. The van der Waals surface area contributed by atoms with E-state index in [-0.39, 0.29) is 23.0 Å². The van der Waals surface area contributed by atoms with Gasteiger partial charge < -0.3 is 15.4 Å². The van der Waals surface area contributed by atoms with Crippen molar-refractivity contribution in [3.63, 3.8) is 0 Å². The normalized spacial score (nSPS) is 14.9. The molecule has 0 unspecified atom stereocenters. The van der Waals surface area contributed by atoms with Crippen LogP contribution in [-0.4, -0.2) is 28.2 Å². The Hall–Kier alpha value is -1.64. The Morgan fingerprint density at radius 3 is 2.63 bits per heavy atom. The van der Waals surface area contributed by atoms with Crippen LogP contribution in [0.15, 0.2) is 6.07 Å². The van der Waals surface area contributed by atoms with Gasteiger partial charge in [-0.25, -0.2) is 4.98 Å². The van der Waals surface area contributed by atoms with E-state index in [0.717, 1.165) is 18.9 Å². The van der Waals surface area contributed by atoms with Gasteiger partial charge in [-0.05, 0) is 25.1 Å². The van der Waals surface area contributed by atoms with E-state index in [1.807, 2.05) is 0 Å². The smallest absolute Gasteiger partial charge is 0.433 e. The number of anilines is 1. The van der Waals surface area contributed by atoms with Gasteiger partial charge in [0.1, 0.15) is 0 Å². The standard InChI is InChI=1S/C10H11F3N4OS/c1-18-7-4-6(10(11,12)13)15-8(16-7)17-9(19)14-5-2-3-5/h4-5H,2-3H2,1H3,(H2,14,15,16,17,19). The summed E-state index contributed by atoms with van der Waals surface area (Å²) in [6.07, 6.45) is -2.58. The molecule has 9 heteroatoms. The van der Waals surface area contributed by atoms with Crippen LogP contribution in [0.4, 0.5) is 19.1 Å². The monoisotopic (exact) mass is 292 g/mol. The van der Waals surface area contributed by atoms with Crippen molar-refractivity contribution in [2.24, 2.45) is 0 Å². The number of nitrogens with zero attached hydrogens (tertiary/aromatic N) is 2. The minimum absolute atomic E-state index is 0.181. The molecule has 2 rings (SSSR count). The highest BCUT2D eigenvalue weighted by atomic mass is 32.1. The number of hydrogen-bond donors (Lipinski definition) is 2. The number of ether oxygens (including phenoxy) is 1. The summed E-state index contributed by atoms with van der Waals surface area (Å²) < 4.78 is 42.6. The largest absolute Gasteiger partial charge is 0.481 e. The molecule has 1 aromatic rings. The van der Waals surface area contributed by atoms with Crippen molar-refractivity contribution in [2.45, 2.75) is 25.1 Å². The van der Waals surface area contributed by atoms with Gasteiger partial charge >= 0.3 is 6.18 Å². The SMILES string of the molecule is COc1cc(C(F)(F)F)nc(NC(=S)NC2CC2)n1. The van der Waals surface area contributed by atoms with Crippen LogP contribution in [0.1, 0.15) is 18.5 Å². The summed E-state index contributed by atoms with van der Waals surface area (Å²) in [6.45, 7) is 0. The van der Waals surface area contributed by atoms with E-state index in [9.17, 15) is 13.2 Å². The first kappa shape index (κ1) is 13.8. The first-order chi connectivity index (χ1) is 8.88. The van der Waals surface area contributed by atoms with Crippen LogP contribution in [0.3, 0.4) is 0 Å². The van der Waals surface area contributed by atoms with Crippen LogP contribution in [0.2, 0.25) is 0 Å². The quantitative estimate of drug-likeness (QED) is 0.831. The van der Waals surface area contributed by atoms with Gasteiger partial charge in [-0.1, -0.05) is 0 Å². The maximum atomic E-state index is 12.6. The highest BCUT2D eigenvalue weighted by molar-refractivity contribution is 7.80. The minimum Gasteiger partial charge on any atom is -0.481 e. The molecule has 0 atom stereocenters. The van der Waals surface area contributed by atoms with Gasteiger partial charge in [-0.15, -0.1) is 0 Å². The molecule has 5 nitrogen and oxygen atoms in total. The summed E-state index contributed by atoms with van der Waals surface area (Å²) in [7, 11) is 1.23. The van der Waals surface area contributed by atoms with Crippen molar-refractivity contribution < 1.29 is 17.9 Å². The number of aromatic nitrogens is 2. The fraction of sp³-hybridized carbons (Fsp3) is 0.500. The summed E-state index contributed by atoms with van der Waals surface area (Å²) in [6, 6.07) is 1.01. The number of methoxy groups -OCH3 is 1. The van der Waals surface area contributed by atoms with E-state index in [4.69, 9.17) is 17.0 Å². The van der Waals surface area contributed by atoms with E-state index in [2.05, 4.69) is 20.6 Å². The van der Waals surface area contributed by atoms with Crippen molar-refractivity contribution in [2.75, 3.05) is 12.4 Å². The summed E-state index contributed by atoms with van der Waals surface area (Å²) >= 11 is 4.94. The molecule has 19 heavy (non-hydrogen) atoms. The summed E-state index contributed by atoms with van der Waals surface area (Å²) in [4.78, 5) is 7.13. The molecule has 0 aromatic carbocycles. The second-order valence-electron chi connectivity index (χ2n) is 3.99. The Kier molecular flexibility index (Phi) is 3.74. The number of rotatable bonds is 3. The van der Waals surface area contributed by atoms with Crippen molar-refractivity contribution in [1.29, 1.82) is 0 Å². The lowest BCUT2D eigenvalue weighted by Gasteiger charge is -2.12. The Morgan fingerprint density at radius 1 is 1.42 bits per heavy atom. The van der Waals surface area contributed by atoms with E-state index in [1.54, 1.807) is 0 Å². The zero-order chi connectivity index (χ0) is 14.0. The van der Waals surface area contributed by atoms with Crippen molar-refractivity contribution in [3.05, 3.63) is 11.8 Å². The van der Waals surface area contributed by atoms with Crippen LogP contribution >= 0.6 is 12.2 Å². The molecule has 1 heterocycles. The lowest BCUT2D eigenvalue weighted by Crippen LogP contribution is -2.31. The molecule has 2 N–H and O–H groups in total. The van der Waals surface area contributed by atoms with Crippen LogP contribution in [0, 0.1) is 0 Å². The number of nitrogens with one attached hydrogen (secondary N) is 2. The molecule has 0 amide bonds. The van der Waals surface area contributed by atoms with Crippen molar-refractivity contribution in [1.82, 2.24) is 15.3 Å². The van der Waals surface area contributed by atoms with Gasteiger partial charge in [0.15, 0.2) is 10.8 Å². The first-order valence-electron chi connectivity index (χ1n) is 5.46. The lowest BCUT2D eigenvalue weighted by molar-refractivity contribution is -0.141. The highest BCUT2D eigenvalue weighted by Crippen LogP contribution is 2.30. The molecule has 1 aliphatic carbocycles. The van der Waals surface area contributed by atoms with Crippen LogP contribution < -0.4 is 15.4 Å². The molecular weight excluding hydrogens is 281 g/mol. The average molecular weight is 292 g/mol. The summed E-state index contributed by atoms with van der Waals surface area (Å²) in [5.41, 5.74) is -1.09. The molecule has 0 spiro atoms. The number of halogens is 3. The Morgan fingerprint density at radius 2 is 2.11 bits per heavy atom. The van der Waals surface area contributed by atoms with Gasteiger partial charge in [0.2, 0.25) is 11.8 Å². The summed E-state index contributed by atoms with van der Waals surface area (Å²) in [5.74, 6) is -0.427. The van der Waals surface area contributed by atoms with Crippen molar-refractivity contribution >= 4 is 23.3 Å². The molecule has 1 aliphatic rings. The van der Waals surface area contributed by atoms with Crippen LogP contribution in [0.25, 0.3) is 0 Å². The molecular formula is C10H11F3N4OS. The zero-order valence-corrected chi connectivity index (χ0v) is 10.7. The van der Waals surface area contributed by atoms with Crippen LogP contribution in [-0.2, 0) is 6.18 Å². The summed E-state index contributed by atoms with van der Waals surface area (Å²) in [5, 5.41) is 5.63. The zero-order valence-electron chi connectivity index (χ0n) is 9.91. The molecule has 1 aromatic heterocycles. The number of hydrogen-bond acceptors (Lipinski definition) is 4. The fourth-order valence-corrected chi connectivity index (χ4v) is 1.54. The predicted molar refractivity (Wildman–Crippen MR) is 66.0 cm³/mol. The minimum atomic E-state index is -4.57. The maximum absolute atomic E-state index is 12.6. The topological polar surface area (TPSA) is 59.1 Å². The highest BCUT2D eigenvalue weighted by Gasteiger charge is 2.34.